The van der Waals surface area contributed by atoms with Gasteiger partial charge in [0, 0.05) is 5.02 Å². The lowest BCUT2D eigenvalue weighted by Crippen LogP contribution is -2.07. The van der Waals surface area contributed by atoms with E-state index < -0.39 is 0 Å². The van der Waals surface area contributed by atoms with Crippen molar-refractivity contribution in [2.45, 2.75) is 0 Å². The first kappa shape index (κ1) is 11.2. The summed E-state index contributed by atoms with van der Waals surface area (Å²) in [6, 6.07) is 7.35. The molecule has 16 heavy (non-hydrogen) atoms. The molecule has 0 bridgehead atoms. The van der Waals surface area contributed by atoms with Crippen LogP contribution in [0.25, 0.3) is 5.57 Å². The second kappa shape index (κ2) is 4.68. The molecule has 3 nitrogen and oxygen atoms in total. The molecule has 1 aliphatic heterocycles. The van der Waals surface area contributed by atoms with E-state index in [1.807, 2.05) is 18.2 Å². The SMILES string of the molecule is COC(=O)C1=C(c2cccc(Cl)c2)COC1. The van der Waals surface area contributed by atoms with Crippen molar-refractivity contribution in [2.24, 2.45) is 0 Å². The molecule has 0 N–H and O–H groups in total. The summed E-state index contributed by atoms with van der Waals surface area (Å²) < 4.78 is 9.98. The van der Waals surface area contributed by atoms with Crippen molar-refractivity contribution in [3.05, 3.63) is 40.4 Å². The summed E-state index contributed by atoms with van der Waals surface area (Å²) >= 11 is 5.90. The van der Waals surface area contributed by atoms with Crippen LogP contribution in [0, 0.1) is 0 Å². The first-order chi connectivity index (χ1) is 7.72. The highest BCUT2D eigenvalue weighted by Gasteiger charge is 2.23. The monoisotopic (exact) mass is 238 g/mol. The molecule has 1 aromatic carbocycles. The van der Waals surface area contributed by atoms with Crippen molar-refractivity contribution < 1.29 is 14.3 Å². The fraction of sp³-hybridized carbons (Fsp3) is 0.250. The highest BCUT2D eigenvalue weighted by molar-refractivity contribution is 6.30. The van der Waals surface area contributed by atoms with E-state index in [2.05, 4.69) is 0 Å². The van der Waals surface area contributed by atoms with E-state index in [4.69, 9.17) is 21.1 Å². The van der Waals surface area contributed by atoms with Crippen LogP contribution in [-0.2, 0) is 14.3 Å². The number of carbonyl (C=O) groups is 1. The maximum atomic E-state index is 11.5. The van der Waals surface area contributed by atoms with Crippen molar-refractivity contribution in [2.75, 3.05) is 20.3 Å². The Morgan fingerprint density at radius 1 is 1.44 bits per heavy atom. The van der Waals surface area contributed by atoms with E-state index in [1.165, 1.54) is 7.11 Å². The average Bonchev–Trinajstić information content (AvgIpc) is 2.77. The first-order valence-electron chi connectivity index (χ1n) is 4.86. The Bertz CT molecular complexity index is 451. The molecule has 0 aromatic heterocycles. The number of methoxy groups -OCH3 is 1. The van der Waals surface area contributed by atoms with E-state index in [-0.39, 0.29) is 5.97 Å². The van der Waals surface area contributed by atoms with Crippen LogP contribution in [0.2, 0.25) is 5.02 Å². The Balaban J connectivity index is 2.42. The molecule has 1 aromatic rings. The lowest BCUT2D eigenvalue weighted by Gasteiger charge is -2.04. The molecule has 4 heteroatoms. The van der Waals surface area contributed by atoms with Gasteiger partial charge in [-0.15, -0.1) is 0 Å². The molecule has 0 amide bonds. The van der Waals surface area contributed by atoms with Crippen LogP contribution in [0.1, 0.15) is 5.56 Å². The van der Waals surface area contributed by atoms with Gasteiger partial charge in [0.25, 0.3) is 0 Å². The van der Waals surface area contributed by atoms with Crippen molar-refractivity contribution in [1.82, 2.24) is 0 Å². The lowest BCUT2D eigenvalue weighted by atomic mass is 10.0. The molecular weight excluding hydrogens is 228 g/mol. The second-order valence-corrected chi connectivity index (χ2v) is 3.89. The van der Waals surface area contributed by atoms with Crippen LogP contribution in [0.5, 0.6) is 0 Å². The lowest BCUT2D eigenvalue weighted by molar-refractivity contribution is -0.136. The zero-order chi connectivity index (χ0) is 11.5. The van der Waals surface area contributed by atoms with Gasteiger partial charge in [-0.1, -0.05) is 23.7 Å². The standard InChI is InChI=1S/C12H11ClO3/c1-15-12(14)11-7-16-6-10(11)8-3-2-4-9(13)5-8/h2-5H,6-7H2,1H3. The van der Waals surface area contributed by atoms with Gasteiger partial charge in [0.2, 0.25) is 0 Å². The van der Waals surface area contributed by atoms with Crippen molar-refractivity contribution in [3.63, 3.8) is 0 Å². The first-order valence-corrected chi connectivity index (χ1v) is 5.24. The summed E-state index contributed by atoms with van der Waals surface area (Å²) in [5.41, 5.74) is 2.34. The number of hydrogen-bond acceptors (Lipinski definition) is 3. The minimum Gasteiger partial charge on any atom is -0.466 e. The average molecular weight is 239 g/mol. The molecule has 2 rings (SSSR count). The second-order valence-electron chi connectivity index (χ2n) is 3.45. The third kappa shape index (κ3) is 2.10. The van der Waals surface area contributed by atoms with Crippen LogP contribution in [0.3, 0.4) is 0 Å². The third-order valence-corrected chi connectivity index (χ3v) is 2.70. The van der Waals surface area contributed by atoms with Crippen LogP contribution in [0.4, 0.5) is 0 Å². The van der Waals surface area contributed by atoms with Crippen molar-refractivity contribution in [1.29, 1.82) is 0 Å². The quantitative estimate of drug-likeness (QED) is 0.742. The molecule has 0 aliphatic carbocycles. The van der Waals surface area contributed by atoms with Crippen LogP contribution in [-0.4, -0.2) is 26.3 Å². The van der Waals surface area contributed by atoms with Crippen molar-refractivity contribution in [3.8, 4) is 0 Å². The zero-order valence-corrected chi connectivity index (χ0v) is 9.58. The van der Waals surface area contributed by atoms with Crippen LogP contribution < -0.4 is 0 Å². The fourth-order valence-electron chi connectivity index (χ4n) is 1.67. The number of esters is 1. The van der Waals surface area contributed by atoms with Gasteiger partial charge in [0.15, 0.2) is 0 Å². The highest BCUT2D eigenvalue weighted by Crippen LogP contribution is 2.27. The van der Waals surface area contributed by atoms with Crippen LogP contribution in [0.15, 0.2) is 29.8 Å². The third-order valence-electron chi connectivity index (χ3n) is 2.46. The number of ether oxygens (including phenoxy) is 2. The number of halogens is 1. The van der Waals surface area contributed by atoms with Gasteiger partial charge in [-0.2, -0.15) is 0 Å². The van der Waals surface area contributed by atoms with Crippen LogP contribution >= 0.6 is 11.6 Å². The Labute approximate surface area is 98.6 Å². The van der Waals surface area contributed by atoms with Gasteiger partial charge >= 0.3 is 5.97 Å². The number of hydrogen-bond donors (Lipinski definition) is 0. The molecule has 0 unspecified atom stereocenters. The number of rotatable bonds is 2. The smallest absolute Gasteiger partial charge is 0.336 e. The summed E-state index contributed by atoms with van der Waals surface area (Å²) in [4.78, 5) is 11.5. The molecule has 0 saturated carbocycles. The van der Waals surface area contributed by atoms with E-state index >= 15 is 0 Å². The molecule has 0 atom stereocenters. The predicted octanol–water partition coefficient (Wildman–Crippen LogP) is 2.30. The van der Waals surface area contributed by atoms with Gasteiger partial charge in [-0.05, 0) is 23.3 Å². The van der Waals surface area contributed by atoms with Gasteiger partial charge in [0.1, 0.15) is 0 Å². The van der Waals surface area contributed by atoms with E-state index in [0.717, 1.165) is 11.1 Å². The number of carbonyl (C=O) groups excluding carboxylic acids is 1. The minimum atomic E-state index is -0.340. The van der Waals surface area contributed by atoms with Gasteiger partial charge < -0.3 is 9.47 Å². The Morgan fingerprint density at radius 2 is 2.25 bits per heavy atom. The summed E-state index contributed by atoms with van der Waals surface area (Å²) in [6.07, 6.45) is 0. The predicted molar refractivity (Wildman–Crippen MR) is 61.2 cm³/mol. The van der Waals surface area contributed by atoms with E-state index in [1.54, 1.807) is 6.07 Å². The summed E-state index contributed by atoms with van der Waals surface area (Å²) in [5, 5.41) is 0.640. The highest BCUT2D eigenvalue weighted by atomic mass is 35.5. The maximum absolute atomic E-state index is 11.5. The van der Waals surface area contributed by atoms with Gasteiger partial charge in [0.05, 0.1) is 25.9 Å². The molecule has 84 valence electrons. The minimum absolute atomic E-state index is 0.300. The Morgan fingerprint density at radius 3 is 2.94 bits per heavy atom. The van der Waals surface area contributed by atoms with E-state index in [9.17, 15) is 4.79 Å². The summed E-state index contributed by atoms with van der Waals surface area (Å²) in [6.45, 7) is 0.722. The topological polar surface area (TPSA) is 35.5 Å². The number of benzene rings is 1. The molecule has 1 aliphatic rings. The van der Waals surface area contributed by atoms with Gasteiger partial charge in [-0.25, -0.2) is 4.79 Å². The normalized spacial score (nSPS) is 15.4. The van der Waals surface area contributed by atoms with Gasteiger partial charge in [-0.3, -0.25) is 0 Å². The Kier molecular flexibility index (Phi) is 3.27. The Hall–Kier alpha value is -1.32. The fourth-order valence-corrected chi connectivity index (χ4v) is 1.86. The maximum Gasteiger partial charge on any atom is 0.336 e. The molecular formula is C12H11ClO3. The van der Waals surface area contributed by atoms with E-state index in [0.29, 0.717) is 23.8 Å². The summed E-state index contributed by atoms with van der Waals surface area (Å²) in [5.74, 6) is -0.340. The molecule has 0 saturated heterocycles. The molecule has 0 spiro atoms. The molecule has 0 fully saturated rings. The largest absolute Gasteiger partial charge is 0.466 e. The summed E-state index contributed by atoms with van der Waals surface area (Å²) in [7, 11) is 1.36. The zero-order valence-electron chi connectivity index (χ0n) is 8.83. The van der Waals surface area contributed by atoms with Crippen molar-refractivity contribution >= 4 is 23.1 Å². The molecule has 0 radical (unpaired) electrons. The molecule has 1 heterocycles.